The van der Waals surface area contributed by atoms with Gasteiger partial charge in [0.05, 0.1) is 51.3 Å². The van der Waals surface area contributed by atoms with E-state index in [0.29, 0.717) is 25.7 Å². The standard InChI is InChI=1S/C47H78O19/c1-42(2)13-22-21-7-8-27-43(3)11-10-28(50)44(4,26(43)9-12-45(27,5)46(21,6)14-30(52)47(22,19-48)15-29(42)51)20-64-41-38(60)35(57)33(55)25(66-41)18-63-40-37(59)34(56)32(54)24(65-40)17-62-39-36(58)31(53)23(49)16-61-39/h7,22-41,48-60H,8-20H2,1-6H3/t22-,23+,24+,25+,26?,27+,28-,29-,30-,31-,32+,33+,34-,35-,36+,37+,38+,39-,40+,41+,43-,44-,45+,46+,47+/m0/s1. The van der Waals surface area contributed by atoms with E-state index in [-0.39, 0.29) is 53.8 Å². The Bertz CT molecular complexity index is 1760. The van der Waals surface area contributed by atoms with Gasteiger partial charge in [-0.2, -0.15) is 0 Å². The molecule has 0 amide bonds. The zero-order valence-corrected chi connectivity index (χ0v) is 39.1. The lowest BCUT2D eigenvalue weighted by atomic mass is 9.33. The topological polar surface area (TPSA) is 318 Å². The summed E-state index contributed by atoms with van der Waals surface area (Å²) in [4.78, 5) is 0. The number of rotatable bonds is 10. The molecular formula is C47H78O19. The summed E-state index contributed by atoms with van der Waals surface area (Å²) in [6.45, 7) is 11.4. The number of aliphatic hydroxyl groups excluding tert-OH is 13. The first-order chi connectivity index (χ1) is 30.8. The van der Waals surface area contributed by atoms with Crippen molar-refractivity contribution < 1.29 is 94.8 Å². The van der Waals surface area contributed by atoms with Crippen molar-refractivity contribution in [2.75, 3.05) is 33.0 Å². The molecule has 19 nitrogen and oxygen atoms in total. The highest BCUT2D eigenvalue weighted by Gasteiger charge is 2.71. The Morgan fingerprint density at radius 3 is 1.77 bits per heavy atom. The summed E-state index contributed by atoms with van der Waals surface area (Å²) in [6.07, 6.45) is -17.1. The fourth-order valence-corrected chi connectivity index (χ4v) is 14.7. The minimum atomic E-state index is -1.80. The van der Waals surface area contributed by atoms with Crippen LogP contribution in [0.2, 0.25) is 0 Å². The van der Waals surface area contributed by atoms with Gasteiger partial charge in [-0.1, -0.05) is 53.2 Å². The van der Waals surface area contributed by atoms with Gasteiger partial charge in [0.1, 0.15) is 67.1 Å². The lowest BCUT2D eigenvalue weighted by Gasteiger charge is -2.72. The number of ether oxygens (including phenoxy) is 6. The zero-order valence-electron chi connectivity index (χ0n) is 39.1. The van der Waals surface area contributed by atoms with Crippen molar-refractivity contribution in [3.8, 4) is 0 Å². The van der Waals surface area contributed by atoms with E-state index in [1.54, 1.807) is 0 Å². The van der Waals surface area contributed by atoms with E-state index < -0.39 is 134 Å². The molecule has 4 saturated carbocycles. The number of fused-ring (bicyclic) bond motifs is 7. The minimum Gasteiger partial charge on any atom is -0.396 e. The molecule has 3 heterocycles. The quantitative estimate of drug-likeness (QED) is 0.107. The maximum atomic E-state index is 12.1. The van der Waals surface area contributed by atoms with Gasteiger partial charge in [-0.15, -0.1) is 0 Å². The Balaban J connectivity index is 0.948. The molecule has 8 aliphatic rings. The molecule has 13 N–H and O–H groups in total. The van der Waals surface area contributed by atoms with Gasteiger partial charge in [-0.05, 0) is 90.8 Å². The average Bonchev–Trinajstić information content (AvgIpc) is 3.26. The molecule has 3 saturated heterocycles. The van der Waals surface area contributed by atoms with Crippen LogP contribution in [0.25, 0.3) is 0 Å². The fraction of sp³-hybridized carbons (Fsp3) is 0.957. The molecule has 0 bridgehead atoms. The average molecular weight is 947 g/mol. The van der Waals surface area contributed by atoms with E-state index in [2.05, 4.69) is 40.7 Å². The van der Waals surface area contributed by atoms with Gasteiger partial charge in [-0.25, -0.2) is 0 Å². The van der Waals surface area contributed by atoms with E-state index in [1.165, 1.54) is 5.57 Å². The summed E-state index contributed by atoms with van der Waals surface area (Å²) >= 11 is 0. The molecule has 7 fully saturated rings. The first-order valence-electron chi connectivity index (χ1n) is 24.1. The van der Waals surface area contributed by atoms with Crippen LogP contribution in [0.4, 0.5) is 0 Å². The van der Waals surface area contributed by atoms with Crippen molar-refractivity contribution in [3.63, 3.8) is 0 Å². The predicted octanol–water partition coefficient (Wildman–Crippen LogP) is -1.83. The molecule has 0 spiro atoms. The summed E-state index contributed by atoms with van der Waals surface area (Å²) in [5, 5.41) is 141. The van der Waals surface area contributed by atoms with E-state index in [0.717, 1.165) is 25.7 Å². The Hall–Kier alpha value is -1.02. The second-order valence-corrected chi connectivity index (χ2v) is 23.2. The van der Waals surface area contributed by atoms with Gasteiger partial charge < -0.3 is 94.8 Å². The third kappa shape index (κ3) is 7.99. The van der Waals surface area contributed by atoms with Crippen molar-refractivity contribution in [3.05, 3.63) is 11.6 Å². The zero-order chi connectivity index (χ0) is 48.3. The van der Waals surface area contributed by atoms with Crippen LogP contribution in [0.3, 0.4) is 0 Å². The molecular weight excluding hydrogens is 868 g/mol. The summed E-state index contributed by atoms with van der Waals surface area (Å²) in [7, 11) is 0. The van der Waals surface area contributed by atoms with E-state index in [1.807, 2.05) is 6.92 Å². The Labute approximate surface area is 386 Å². The normalized spacial score (nSPS) is 56.0. The number of hydrogen-bond donors (Lipinski definition) is 13. The lowest BCUT2D eigenvalue weighted by molar-refractivity contribution is -0.342. The Kier molecular flexibility index (Phi) is 14.2. The van der Waals surface area contributed by atoms with Crippen LogP contribution in [0, 0.1) is 50.2 Å². The van der Waals surface area contributed by atoms with Crippen LogP contribution in [-0.4, -0.2) is 204 Å². The van der Waals surface area contributed by atoms with Crippen molar-refractivity contribution in [1.82, 2.24) is 0 Å². The highest BCUT2D eigenvalue weighted by atomic mass is 16.7. The summed E-state index contributed by atoms with van der Waals surface area (Å²) < 4.78 is 34.5. The summed E-state index contributed by atoms with van der Waals surface area (Å²) in [5.41, 5.74) is -1.70. The summed E-state index contributed by atoms with van der Waals surface area (Å²) in [5.74, 6) is 0.0210. The van der Waals surface area contributed by atoms with Crippen LogP contribution < -0.4 is 0 Å². The van der Waals surface area contributed by atoms with E-state index in [9.17, 15) is 66.4 Å². The van der Waals surface area contributed by atoms with Crippen LogP contribution in [0.15, 0.2) is 11.6 Å². The second-order valence-electron chi connectivity index (χ2n) is 23.2. The maximum absolute atomic E-state index is 12.1. The molecule has 5 aliphatic carbocycles. The van der Waals surface area contributed by atoms with E-state index in [4.69, 9.17) is 28.4 Å². The first-order valence-corrected chi connectivity index (χ1v) is 24.1. The number of aliphatic hydroxyl groups is 13. The molecule has 25 atom stereocenters. The van der Waals surface area contributed by atoms with E-state index >= 15 is 0 Å². The highest BCUT2D eigenvalue weighted by Crippen LogP contribution is 2.75. The monoisotopic (exact) mass is 947 g/mol. The van der Waals surface area contributed by atoms with Crippen molar-refractivity contribution in [2.24, 2.45) is 50.2 Å². The third-order valence-electron chi connectivity index (χ3n) is 19.3. The molecule has 8 rings (SSSR count). The smallest absolute Gasteiger partial charge is 0.186 e. The van der Waals surface area contributed by atoms with Crippen molar-refractivity contribution >= 4 is 0 Å². The second kappa shape index (κ2) is 18.2. The molecule has 1 unspecified atom stereocenters. The van der Waals surface area contributed by atoms with Crippen LogP contribution in [0.1, 0.15) is 92.9 Å². The van der Waals surface area contributed by atoms with Crippen LogP contribution >= 0.6 is 0 Å². The molecule has 66 heavy (non-hydrogen) atoms. The van der Waals surface area contributed by atoms with Crippen molar-refractivity contribution in [2.45, 2.75) is 197 Å². The molecule has 0 aromatic carbocycles. The predicted molar refractivity (Wildman–Crippen MR) is 228 cm³/mol. The molecule has 380 valence electrons. The number of allylic oxidation sites excluding steroid dienone is 2. The molecule has 19 heteroatoms. The molecule has 0 aromatic heterocycles. The van der Waals surface area contributed by atoms with Gasteiger partial charge in [0.2, 0.25) is 0 Å². The first kappa shape index (κ1) is 51.3. The SMILES string of the molecule is CC1(C)C[C@H]2C3=CC[C@@H]4[C@@]5(C)CC[C@H](O)[C@@](C)(CO[C@@H]6O[C@H](CO[C@@H]7O[C@H](CO[C@@H]8OC[C@@H](O)[C@H](O)[C@H]8O)[C@@H](O)[C@H](O)[C@H]7O)[C@@H](O)[C@H](O)[C@H]6O)C5CC[C@@]4(C)[C@]3(C)C[C@H](O)[C@@]2(CO)C[C@@H]1O. The van der Waals surface area contributed by atoms with Crippen LogP contribution in [-0.2, 0) is 28.4 Å². The van der Waals surface area contributed by atoms with Gasteiger partial charge in [0, 0.05) is 10.8 Å². The van der Waals surface area contributed by atoms with Gasteiger partial charge >= 0.3 is 0 Å². The molecule has 0 radical (unpaired) electrons. The highest BCUT2D eigenvalue weighted by molar-refractivity contribution is 5.35. The summed E-state index contributed by atoms with van der Waals surface area (Å²) in [6, 6.07) is 0. The fourth-order valence-electron chi connectivity index (χ4n) is 14.7. The van der Waals surface area contributed by atoms with Crippen LogP contribution in [0.5, 0.6) is 0 Å². The number of hydrogen-bond acceptors (Lipinski definition) is 19. The Morgan fingerprint density at radius 1 is 0.591 bits per heavy atom. The largest absolute Gasteiger partial charge is 0.396 e. The van der Waals surface area contributed by atoms with Crippen molar-refractivity contribution in [1.29, 1.82) is 0 Å². The maximum Gasteiger partial charge on any atom is 0.186 e. The molecule has 0 aromatic rings. The third-order valence-corrected chi connectivity index (χ3v) is 19.3. The minimum absolute atomic E-state index is 0.0530. The van der Waals surface area contributed by atoms with Gasteiger partial charge in [0.15, 0.2) is 18.9 Å². The molecule has 3 aliphatic heterocycles. The van der Waals surface area contributed by atoms with Gasteiger partial charge in [0.25, 0.3) is 0 Å². The van der Waals surface area contributed by atoms with Gasteiger partial charge in [-0.3, -0.25) is 0 Å². The lowest BCUT2D eigenvalue weighted by Crippen LogP contribution is -2.68. The Morgan fingerprint density at radius 2 is 1.17 bits per heavy atom.